The fourth-order valence-corrected chi connectivity index (χ4v) is 1.77. The minimum Gasteiger partial charge on any atom is -0.369 e. The number of nitrogens with one attached hydrogen (secondary N) is 1. The molecule has 1 amide bonds. The summed E-state index contributed by atoms with van der Waals surface area (Å²) in [7, 11) is 0. The van der Waals surface area contributed by atoms with Crippen molar-refractivity contribution in [2.24, 2.45) is 11.1 Å². The van der Waals surface area contributed by atoms with Crippen molar-refractivity contribution >= 4 is 5.91 Å². The van der Waals surface area contributed by atoms with E-state index in [1.807, 2.05) is 18.2 Å². The van der Waals surface area contributed by atoms with Crippen molar-refractivity contribution in [3.63, 3.8) is 0 Å². The summed E-state index contributed by atoms with van der Waals surface area (Å²) < 4.78 is 0. The molecular formula is C13H20N2O. The molecule has 0 saturated heterocycles. The molecule has 0 aromatic heterocycles. The van der Waals surface area contributed by atoms with Crippen LogP contribution in [0.3, 0.4) is 0 Å². The fourth-order valence-electron chi connectivity index (χ4n) is 1.77. The van der Waals surface area contributed by atoms with Crippen LogP contribution < -0.4 is 11.1 Å². The van der Waals surface area contributed by atoms with E-state index in [0.29, 0.717) is 0 Å². The molecule has 0 aliphatic carbocycles. The summed E-state index contributed by atoms with van der Waals surface area (Å²) in [6, 6.07) is 10.2. The minimum absolute atomic E-state index is 0.0385. The van der Waals surface area contributed by atoms with Crippen molar-refractivity contribution in [2.45, 2.75) is 26.8 Å². The molecule has 1 atom stereocenters. The summed E-state index contributed by atoms with van der Waals surface area (Å²) in [6.07, 6.45) is 0. The number of carbonyl (C=O) groups is 1. The summed E-state index contributed by atoms with van der Waals surface area (Å²) in [6.45, 7) is 6.62. The molecule has 0 fully saturated rings. The van der Waals surface area contributed by atoms with Gasteiger partial charge in [-0.15, -0.1) is 0 Å². The smallest absolute Gasteiger partial charge is 0.231 e. The van der Waals surface area contributed by atoms with E-state index >= 15 is 0 Å². The summed E-state index contributed by atoms with van der Waals surface area (Å²) in [5.74, 6) is -0.329. The Kier molecular flexibility index (Phi) is 4.07. The molecule has 3 N–H and O–H groups in total. The molecule has 3 nitrogen and oxygen atoms in total. The number of carbonyl (C=O) groups excluding carboxylic acids is 1. The molecule has 1 aromatic rings. The Morgan fingerprint density at radius 2 is 1.88 bits per heavy atom. The van der Waals surface area contributed by atoms with Crippen molar-refractivity contribution < 1.29 is 4.79 Å². The molecule has 0 radical (unpaired) electrons. The van der Waals surface area contributed by atoms with E-state index in [2.05, 4.69) is 38.2 Å². The van der Waals surface area contributed by atoms with Crippen LogP contribution in [0.5, 0.6) is 0 Å². The second-order valence-electron chi connectivity index (χ2n) is 5.06. The van der Waals surface area contributed by atoms with Gasteiger partial charge in [-0.1, -0.05) is 51.1 Å². The maximum absolute atomic E-state index is 10.8. The van der Waals surface area contributed by atoms with Crippen molar-refractivity contribution in [1.29, 1.82) is 0 Å². The first-order valence-corrected chi connectivity index (χ1v) is 5.48. The summed E-state index contributed by atoms with van der Waals surface area (Å²) in [5, 5.41) is 3.20. The van der Waals surface area contributed by atoms with Gasteiger partial charge in [-0.3, -0.25) is 4.79 Å². The van der Waals surface area contributed by atoms with Gasteiger partial charge in [0.1, 0.15) is 0 Å². The minimum atomic E-state index is -0.329. The molecule has 16 heavy (non-hydrogen) atoms. The van der Waals surface area contributed by atoms with E-state index in [1.54, 1.807) is 0 Å². The van der Waals surface area contributed by atoms with Crippen molar-refractivity contribution in [1.82, 2.24) is 5.32 Å². The molecule has 0 bridgehead atoms. The molecule has 1 aromatic carbocycles. The van der Waals surface area contributed by atoms with Crippen molar-refractivity contribution in [3.05, 3.63) is 35.9 Å². The van der Waals surface area contributed by atoms with Crippen molar-refractivity contribution in [3.8, 4) is 0 Å². The van der Waals surface area contributed by atoms with Crippen LogP contribution in [-0.4, -0.2) is 12.5 Å². The van der Waals surface area contributed by atoms with Gasteiger partial charge in [0.2, 0.25) is 5.91 Å². The molecule has 0 heterocycles. The Labute approximate surface area is 97.0 Å². The van der Waals surface area contributed by atoms with Gasteiger partial charge in [-0.2, -0.15) is 0 Å². The second kappa shape index (κ2) is 5.12. The zero-order chi connectivity index (χ0) is 12.2. The lowest BCUT2D eigenvalue weighted by atomic mass is 9.82. The Bertz CT molecular complexity index is 341. The first-order chi connectivity index (χ1) is 7.41. The van der Waals surface area contributed by atoms with E-state index in [0.717, 1.165) is 0 Å². The summed E-state index contributed by atoms with van der Waals surface area (Å²) in [4.78, 5) is 10.8. The van der Waals surface area contributed by atoms with Gasteiger partial charge in [-0.05, 0) is 11.0 Å². The zero-order valence-corrected chi connectivity index (χ0v) is 10.2. The topological polar surface area (TPSA) is 55.1 Å². The van der Waals surface area contributed by atoms with Gasteiger partial charge >= 0.3 is 0 Å². The predicted molar refractivity (Wildman–Crippen MR) is 65.8 cm³/mol. The highest BCUT2D eigenvalue weighted by atomic mass is 16.1. The number of rotatable bonds is 4. The van der Waals surface area contributed by atoms with Crippen LogP contribution >= 0.6 is 0 Å². The van der Waals surface area contributed by atoms with E-state index in [4.69, 9.17) is 5.73 Å². The quantitative estimate of drug-likeness (QED) is 0.813. The van der Waals surface area contributed by atoms with Gasteiger partial charge in [-0.25, -0.2) is 0 Å². The first kappa shape index (κ1) is 12.7. The van der Waals surface area contributed by atoms with Gasteiger partial charge in [0.05, 0.1) is 6.54 Å². The van der Waals surface area contributed by atoms with Gasteiger partial charge in [0.15, 0.2) is 0 Å². The van der Waals surface area contributed by atoms with Crippen LogP contribution in [0, 0.1) is 5.41 Å². The van der Waals surface area contributed by atoms with Crippen molar-refractivity contribution in [2.75, 3.05) is 6.54 Å². The van der Waals surface area contributed by atoms with E-state index in [1.165, 1.54) is 5.56 Å². The largest absolute Gasteiger partial charge is 0.369 e. The maximum Gasteiger partial charge on any atom is 0.231 e. The third-order valence-electron chi connectivity index (χ3n) is 2.48. The predicted octanol–water partition coefficient (Wildman–Crippen LogP) is 1.85. The van der Waals surface area contributed by atoms with Crippen LogP contribution in [0.4, 0.5) is 0 Å². The second-order valence-corrected chi connectivity index (χ2v) is 5.06. The summed E-state index contributed by atoms with van der Waals surface area (Å²) >= 11 is 0. The lowest BCUT2D eigenvalue weighted by Gasteiger charge is -2.31. The molecule has 0 spiro atoms. The highest BCUT2D eigenvalue weighted by Gasteiger charge is 2.25. The Morgan fingerprint density at radius 3 is 2.31 bits per heavy atom. The number of benzene rings is 1. The number of hydrogen-bond acceptors (Lipinski definition) is 2. The average Bonchev–Trinajstić information content (AvgIpc) is 2.17. The van der Waals surface area contributed by atoms with Crippen LogP contribution in [0.1, 0.15) is 32.4 Å². The number of hydrogen-bond donors (Lipinski definition) is 2. The third kappa shape index (κ3) is 3.66. The Hall–Kier alpha value is -1.35. The Morgan fingerprint density at radius 1 is 1.31 bits per heavy atom. The zero-order valence-electron chi connectivity index (χ0n) is 10.2. The lowest BCUT2D eigenvalue weighted by Crippen LogP contribution is -2.37. The number of primary amides is 1. The van der Waals surface area contributed by atoms with E-state index in [9.17, 15) is 4.79 Å². The van der Waals surface area contributed by atoms with Crippen LogP contribution in [0.25, 0.3) is 0 Å². The summed E-state index contributed by atoms with van der Waals surface area (Å²) in [5.41, 5.74) is 6.38. The molecule has 0 unspecified atom stereocenters. The highest BCUT2D eigenvalue weighted by Crippen LogP contribution is 2.32. The number of nitrogens with two attached hydrogens (primary N) is 1. The molecule has 88 valence electrons. The SMILES string of the molecule is CC(C)(C)[C@@H](NCC(N)=O)c1ccccc1. The van der Waals surface area contributed by atoms with Crippen LogP contribution in [0.2, 0.25) is 0 Å². The maximum atomic E-state index is 10.8. The van der Waals surface area contributed by atoms with Gasteiger partial charge in [0, 0.05) is 6.04 Å². The molecule has 0 saturated carbocycles. The van der Waals surface area contributed by atoms with Crippen LogP contribution in [-0.2, 0) is 4.79 Å². The molecule has 3 heteroatoms. The molecular weight excluding hydrogens is 200 g/mol. The standard InChI is InChI=1S/C13H20N2O/c1-13(2,3)12(15-9-11(14)16)10-7-5-4-6-8-10/h4-8,12,15H,9H2,1-3H3,(H2,14,16)/t12-/m0/s1. The molecule has 1 rings (SSSR count). The molecule has 0 aliphatic rings. The first-order valence-electron chi connectivity index (χ1n) is 5.48. The van der Waals surface area contributed by atoms with E-state index < -0.39 is 0 Å². The fraction of sp³-hybridized carbons (Fsp3) is 0.462. The molecule has 0 aliphatic heterocycles. The number of amides is 1. The third-order valence-corrected chi connectivity index (χ3v) is 2.48. The normalized spacial score (nSPS) is 13.4. The lowest BCUT2D eigenvalue weighted by molar-refractivity contribution is -0.117. The van der Waals surface area contributed by atoms with E-state index in [-0.39, 0.29) is 23.9 Å². The van der Waals surface area contributed by atoms with Crippen LogP contribution in [0.15, 0.2) is 30.3 Å². The monoisotopic (exact) mass is 220 g/mol. The Balaban J connectivity index is 2.84. The average molecular weight is 220 g/mol. The van der Waals surface area contributed by atoms with Gasteiger partial charge < -0.3 is 11.1 Å². The van der Waals surface area contributed by atoms with Gasteiger partial charge in [0.25, 0.3) is 0 Å². The highest BCUT2D eigenvalue weighted by molar-refractivity contribution is 5.75.